The molecule has 2 aromatic heterocycles. The maximum Gasteiger partial charge on any atom is 0.185 e. The molecule has 3 aromatic carbocycles. The second-order valence-electron chi connectivity index (χ2n) is 9.51. The van der Waals surface area contributed by atoms with Gasteiger partial charge in [-0.25, -0.2) is 0 Å². The summed E-state index contributed by atoms with van der Waals surface area (Å²) in [4.78, 5) is 16.0. The molecule has 7 nitrogen and oxygen atoms in total. The van der Waals surface area contributed by atoms with Crippen LogP contribution >= 0.6 is 0 Å². The molecule has 0 unspecified atom stereocenters. The van der Waals surface area contributed by atoms with Gasteiger partial charge < -0.3 is 29.4 Å². The molecule has 0 radical (unpaired) electrons. The number of ether oxygens (including phenoxy) is 2. The number of fused-ring (bicyclic) bond motifs is 2. The summed E-state index contributed by atoms with van der Waals surface area (Å²) in [5.74, 6) is 1.47. The van der Waals surface area contributed by atoms with Crippen LogP contribution in [0.5, 0.6) is 11.5 Å². The highest BCUT2D eigenvalue weighted by Gasteiger charge is 2.12. The smallest absolute Gasteiger partial charge is 0.185 e. The first-order valence-electron chi connectivity index (χ1n) is 13.0. The topological polar surface area (TPSA) is 88.5 Å². The highest BCUT2D eigenvalue weighted by Crippen LogP contribution is 2.25. The van der Waals surface area contributed by atoms with Crippen LogP contribution in [0.3, 0.4) is 0 Å². The van der Waals surface area contributed by atoms with E-state index in [0.717, 1.165) is 46.1 Å². The van der Waals surface area contributed by atoms with E-state index in [2.05, 4.69) is 10.3 Å². The van der Waals surface area contributed by atoms with Crippen molar-refractivity contribution in [3.8, 4) is 11.5 Å². The Bertz CT molecular complexity index is 1600. The first-order valence-corrected chi connectivity index (χ1v) is 13.0. The Labute approximate surface area is 227 Å². The third-order valence-corrected chi connectivity index (χ3v) is 6.94. The number of aromatic nitrogens is 2. The number of methoxy groups -OCH3 is 2. The number of aromatic amines is 1. The molecule has 3 N–H and O–H groups in total. The molecule has 5 rings (SSSR count). The third kappa shape index (κ3) is 6.06. The van der Waals surface area contributed by atoms with E-state index >= 15 is 0 Å². The van der Waals surface area contributed by atoms with Gasteiger partial charge in [0.2, 0.25) is 0 Å². The normalized spacial score (nSPS) is 12.4. The van der Waals surface area contributed by atoms with Gasteiger partial charge in [-0.1, -0.05) is 18.2 Å². The summed E-state index contributed by atoms with van der Waals surface area (Å²) in [6.45, 7) is 1.66. The average molecular weight is 524 g/mol. The number of hydrogen-bond donors (Lipinski definition) is 3. The molecule has 0 bridgehead atoms. The summed E-state index contributed by atoms with van der Waals surface area (Å²) in [6, 6.07) is 21.1. The van der Waals surface area contributed by atoms with Gasteiger partial charge in [-0.2, -0.15) is 0 Å². The molecule has 2 heterocycles. The van der Waals surface area contributed by atoms with Crippen LogP contribution in [0.15, 0.2) is 85.2 Å². The lowest BCUT2D eigenvalue weighted by Crippen LogP contribution is -2.31. The number of rotatable bonds is 12. The zero-order chi connectivity index (χ0) is 27.2. The number of ketones is 1. The number of carbonyl (C=O) groups excluding carboxylic acids is 1. The van der Waals surface area contributed by atoms with Crippen LogP contribution < -0.4 is 14.8 Å². The van der Waals surface area contributed by atoms with Crippen molar-refractivity contribution in [2.75, 3.05) is 27.3 Å². The molecule has 0 spiro atoms. The number of aliphatic hydroxyl groups excluding tert-OH is 1. The van der Waals surface area contributed by atoms with Gasteiger partial charge in [-0.15, -0.1) is 0 Å². The van der Waals surface area contributed by atoms with Crippen LogP contribution in [0.1, 0.15) is 21.5 Å². The highest BCUT2D eigenvalue weighted by atomic mass is 16.5. The molecule has 1 atom stereocenters. The van der Waals surface area contributed by atoms with E-state index in [0.29, 0.717) is 24.4 Å². The minimum Gasteiger partial charge on any atom is -0.497 e. The second kappa shape index (κ2) is 12.0. The quantitative estimate of drug-likeness (QED) is 0.118. The lowest BCUT2D eigenvalue weighted by Gasteiger charge is -2.14. The summed E-state index contributed by atoms with van der Waals surface area (Å²) < 4.78 is 12.6. The molecular weight excluding hydrogens is 490 g/mol. The zero-order valence-electron chi connectivity index (χ0n) is 22.2. The average Bonchev–Trinajstić information content (AvgIpc) is 3.54. The number of benzene rings is 3. The van der Waals surface area contributed by atoms with Crippen LogP contribution in [0, 0.1) is 0 Å². The Morgan fingerprint density at radius 1 is 1.03 bits per heavy atom. The predicted molar refractivity (Wildman–Crippen MR) is 156 cm³/mol. The number of nitrogens with one attached hydrogen (secondary N) is 2. The van der Waals surface area contributed by atoms with Gasteiger partial charge in [0.15, 0.2) is 5.78 Å². The Kier molecular flexibility index (Phi) is 8.10. The van der Waals surface area contributed by atoms with Gasteiger partial charge in [-0.05, 0) is 79.2 Å². The molecule has 0 saturated carbocycles. The standard InChI is InChI=1S/C32H33N3O4/c1-38-26-10-7-22(8-11-26)32(37)14-9-24-20-35(31-6-4-3-5-28(24)31)21-25(36)19-33-16-15-23-18-34-30-13-12-27(39-2)17-29(23)30/h3-14,17-18,20,25,33-34,36H,15-16,19,21H2,1-2H3/b14-9+/t25-/m0/s1. The monoisotopic (exact) mass is 523 g/mol. The fourth-order valence-electron chi connectivity index (χ4n) is 4.85. The molecule has 0 aliphatic carbocycles. The molecular formula is C32H33N3O4. The Morgan fingerprint density at radius 2 is 1.79 bits per heavy atom. The van der Waals surface area contributed by atoms with Gasteiger partial charge in [0.05, 0.1) is 20.3 Å². The number of nitrogens with zero attached hydrogens (tertiary/aromatic N) is 1. The molecule has 0 saturated heterocycles. The first-order chi connectivity index (χ1) is 19.1. The number of para-hydroxylation sites is 1. The molecule has 0 aliphatic heterocycles. The van der Waals surface area contributed by atoms with Crippen LogP contribution in [-0.4, -0.2) is 53.9 Å². The largest absolute Gasteiger partial charge is 0.497 e. The van der Waals surface area contributed by atoms with E-state index in [4.69, 9.17) is 9.47 Å². The maximum absolute atomic E-state index is 12.7. The summed E-state index contributed by atoms with van der Waals surface area (Å²) in [7, 11) is 3.27. The van der Waals surface area contributed by atoms with E-state index < -0.39 is 6.10 Å². The van der Waals surface area contributed by atoms with E-state index in [1.165, 1.54) is 5.56 Å². The number of H-pyrrole nitrogens is 1. The summed E-state index contributed by atoms with van der Waals surface area (Å²) in [5.41, 5.74) is 4.84. The first kappa shape index (κ1) is 26.3. The van der Waals surface area contributed by atoms with Gasteiger partial charge in [0.1, 0.15) is 11.5 Å². The summed E-state index contributed by atoms with van der Waals surface area (Å²) >= 11 is 0. The Morgan fingerprint density at radius 3 is 2.59 bits per heavy atom. The van der Waals surface area contributed by atoms with Crippen molar-refractivity contribution >= 4 is 33.7 Å². The second-order valence-corrected chi connectivity index (χ2v) is 9.51. The molecule has 7 heteroatoms. The molecule has 0 aliphatic rings. The third-order valence-electron chi connectivity index (χ3n) is 6.94. The molecule has 200 valence electrons. The van der Waals surface area contributed by atoms with Crippen LogP contribution in [0.25, 0.3) is 27.9 Å². The molecule has 0 amide bonds. The van der Waals surface area contributed by atoms with Gasteiger partial charge in [0, 0.05) is 58.4 Å². The lowest BCUT2D eigenvalue weighted by molar-refractivity contribution is 0.104. The highest BCUT2D eigenvalue weighted by molar-refractivity contribution is 6.07. The number of hydrogen-bond acceptors (Lipinski definition) is 5. The van der Waals surface area contributed by atoms with Crippen molar-refractivity contribution in [2.45, 2.75) is 19.1 Å². The van der Waals surface area contributed by atoms with Crippen LogP contribution in [-0.2, 0) is 13.0 Å². The number of aliphatic hydroxyl groups is 1. The molecule has 39 heavy (non-hydrogen) atoms. The summed E-state index contributed by atoms with van der Waals surface area (Å²) in [6.07, 6.45) is 7.72. The molecule has 0 fully saturated rings. The summed E-state index contributed by atoms with van der Waals surface area (Å²) in [5, 5.41) is 16.4. The van der Waals surface area contributed by atoms with Crippen molar-refractivity contribution in [1.29, 1.82) is 0 Å². The Hall–Kier alpha value is -4.33. The van der Waals surface area contributed by atoms with Crippen LogP contribution in [0.4, 0.5) is 0 Å². The minimum atomic E-state index is -0.568. The van der Waals surface area contributed by atoms with E-state index in [1.54, 1.807) is 44.6 Å². The van der Waals surface area contributed by atoms with Crippen molar-refractivity contribution in [1.82, 2.24) is 14.9 Å². The van der Waals surface area contributed by atoms with Gasteiger partial charge >= 0.3 is 0 Å². The van der Waals surface area contributed by atoms with Crippen molar-refractivity contribution < 1.29 is 19.4 Å². The van der Waals surface area contributed by atoms with Crippen LogP contribution in [0.2, 0.25) is 0 Å². The van der Waals surface area contributed by atoms with E-state index in [-0.39, 0.29) is 5.78 Å². The molecule has 5 aromatic rings. The number of allylic oxidation sites excluding steroid dienone is 1. The van der Waals surface area contributed by atoms with Crippen molar-refractivity contribution in [3.63, 3.8) is 0 Å². The predicted octanol–water partition coefficient (Wildman–Crippen LogP) is 5.23. The van der Waals surface area contributed by atoms with Gasteiger partial charge in [0.25, 0.3) is 0 Å². The fourth-order valence-corrected chi connectivity index (χ4v) is 4.85. The maximum atomic E-state index is 12.7. The van der Waals surface area contributed by atoms with E-state index in [1.807, 2.05) is 65.5 Å². The minimum absolute atomic E-state index is 0.0765. The van der Waals surface area contributed by atoms with Crippen molar-refractivity contribution in [3.05, 3.63) is 102 Å². The number of carbonyl (C=O) groups is 1. The Balaban J connectivity index is 1.20. The van der Waals surface area contributed by atoms with Crippen molar-refractivity contribution in [2.24, 2.45) is 0 Å². The zero-order valence-corrected chi connectivity index (χ0v) is 22.2. The fraction of sp³-hybridized carbons (Fsp3) is 0.219. The lowest BCUT2D eigenvalue weighted by atomic mass is 10.1. The van der Waals surface area contributed by atoms with Gasteiger partial charge in [-0.3, -0.25) is 4.79 Å². The van der Waals surface area contributed by atoms with E-state index in [9.17, 15) is 9.90 Å². The SMILES string of the molecule is COc1ccc(C(=O)/C=C/c2cn(C[C@@H](O)CNCCc3c[nH]c4ccc(OC)cc34)c3ccccc23)cc1.